The molecule has 0 saturated carbocycles. The van der Waals surface area contributed by atoms with E-state index in [1.807, 2.05) is 0 Å². The zero-order valence-corrected chi connectivity index (χ0v) is 12.3. The number of aliphatic hydroxyl groups excluding tert-OH is 8. The van der Waals surface area contributed by atoms with Crippen LogP contribution in [0.5, 0.6) is 0 Å². The van der Waals surface area contributed by atoms with Gasteiger partial charge in [0, 0.05) is 0 Å². The molecule has 0 heterocycles. The van der Waals surface area contributed by atoms with E-state index in [-0.39, 0.29) is 52.9 Å². The van der Waals surface area contributed by atoms with Crippen molar-refractivity contribution in [1.29, 1.82) is 0 Å². The molecule has 0 aliphatic heterocycles. The van der Waals surface area contributed by atoms with Crippen LogP contribution in [0.2, 0.25) is 0 Å². The van der Waals surface area contributed by atoms with Crippen molar-refractivity contribution in [3.8, 4) is 0 Å². The summed E-state index contributed by atoms with van der Waals surface area (Å²) >= 11 is 0. The van der Waals surface area contributed by atoms with Gasteiger partial charge in [-0.05, 0) is 0 Å². The van der Waals surface area contributed by atoms with Crippen LogP contribution in [0.25, 0.3) is 0 Å². The van der Waals surface area contributed by atoms with E-state index < -0.39 is 7.82 Å². The first-order valence-electron chi connectivity index (χ1n) is 5.31. The lowest BCUT2D eigenvalue weighted by Gasteiger charge is -1.82. The van der Waals surface area contributed by atoms with Crippen molar-refractivity contribution in [2.75, 3.05) is 52.9 Å². The van der Waals surface area contributed by atoms with E-state index in [0.717, 1.165) is 0 Å². The summed E-state index contributed by atoms with van der Waals surface area (Å²) < 4.78 is 8.88. The summed E-state index contributed by atoms with van der Waals surface area (Å²) in [6.45, 7) is -1.00. The van der Waals surface area contributed by atoms with Gasteiger partial charge in [-0.15, -0.1) is 0 Å². The average molecular weight is 346 g/mol. The first kappa shape index (κ1) is 32.7. The minimum absolute atomic E-state index is 0.125. The van der Waals surface area contributed by atoms with Crippen LogP contribution in [-0.2, 0) is 4.57 Å². The Bertz CT molecular complexity index is 131. The van der Waals surface area contributed by atoms with Crippen molar-refractivity contribution in [2.24, 2.45) is 0 Å². The van der Waals surface area contributed by atoms with Crippen LogP contribution >= 0.6 is 7.82 Å². The first-order chi connectivity index (χ1) is 9.66. The molecule has 0 fully saturated rings. The summed E-state index contributed by atoms with van der Waals surface area (Å²) in [6.07, 6.45) is 0. The van der Waals surface area contributed by atoms with Crippen molar-refractivity contribution in [3.05, 3.63) is 0 Å². The maximum absolute atomic E-state index is 8.88. The van der Waals surface area contributed by atoms with Crippen LogP contribution < -0.4 is 0 Å². The Balaban J connectivity index is -0.0000000510. The van der Waals surface area contributed by atoms with E-state index in [0.29, 0.717) is 0 Å². The largest absolute Gasteiger partial charge is 0.466 e. The summed E-state index contributed by atoms with van der Waals surface area (Å²) in [5, 5.41) is 61.0. The van der Waals surface area contributed by atoms with E-state index in [1.54, 1.807) is 0 Å². The highest BCUT2D eigenvalue weighted by atomic mass is 31.2. The van der Waals surface area contributed by atoms with Crippen LogP contribution in [0.3, 0.4) is 0 Å². The van der Waals surface area contributed by atoms with Crippen molar-refractivity contribution >= 4 is 7.82 Å². The van der Waals surface area contributed by atoms with Crippen molar-refractivity contribution in [1.82, 2.24) is 0 Å². The molecule has 0 bridgehead atoms. The lowest BCUT2D eigenvalue weighted by atomic mass is 10.8. The molecule has 0 saturated heterocycles. The highest BCUT2D eigenvalue weighted by molar-refractivity contribution is 7.45. The molecule has 11 N–H and O–H groups in total. The average Bonchev–Trinajstić information content (AvgIpc) is 2.45. The minimum atomic E-state index is -4.64. The highest BCUT2D eigenvalue weighted by Gasteiger charge is 2.00. The molecule has 0 aliphatic carbocycles. The first-order valence-corrected chi connectivity index (χ1v) is 6.88. The third-order valence-electron chi connectivity index (χ3n) is 0.400. The van der Waals surface area contributed by atoms with Crippen LogP contribution in [0.15, 0.2) is 0 Å². The maximum atomic E-state index is 8.88. The van der Waals surface area contributed by atoms with Gasteiger partial charge >= 0.3 is 7.82 Å². The molecule has 0 spiro atoms. The zero-order valence-electron chi connectivity index (χ0n) is 11.4. The van der Waals surface area contributed by atoms with Gasteiger partial charge in [-0.2, -0.15) is 0 Å². The number of hydrogen-bond acceptors (Lipinski definition) is 9. The van der Waals surface area contributed by atoms with Crippen molar-refractivity contribution in [2.45, 2.75) is 0 Å². The zero-order chi connectivity index (χ0) is 18.2. The van der Waals surface area contributed by atoms with Gasteiger partial charge in [-0.3, -0.25) is 0 Å². The maximum Gasteiger partial charge on any atom is 0.466 e. The predicted molar refractivity (Wildman–Crippen MR) is 70.9 cm³/mol. The third kappa shape index (κ3) is 436. The predicted octanol–water partition coefficient (Wildman–Crippen LogP) is -5.04. The molecular formula is C8H27O12P. The molecule has 136 valence electrons. The van der Waals surface area contributed by atoms with Crippen LogP contribution in [0.4, 0.5) is 0 Å². The van der Waals surface area contributed by atoms with Gasteiger partial charge in [0.1, 0.15) is 0 Å². The van der Waals surface area contributed by atoms with E-state index >= 15 is 0 Å². The van der Waals surface area contributed by atoms with Crippen molar-refractivity contribution < 1.29 is 60.1 Å². The fraction of sp³-hybridized carbons (Fsp3) is 1.00. The summed E-state index contributed by atoms with van der Waals surface area (Å²) in [6, 6.07) is 0. The summed E-state index contributed by atoms with van der Waals surface area (Å²) in [4.78, 5) is 21.6. The molecule has 0 aromatic heterocycles. The molecule has 0 atom stereocenters. The lowest BCUT2D eigenvalue weighted by molar-refractivity contribution is 0.186. The van der Waals surface area contributed by atoms with E-state index in [4.69, 9.17) is 60.1 Å². The quantitative estimate of drug-likeness (QED) is 0.214. The number of phosphoric acid groups is 1. The molecule has 0 amide bonds. The summed E-state index contributed by atoms with van der Waals surface area (Å²) in [7, 11) is -4.64. The number of aliphatic hydroxyl groups is 8. The Morgan fingerprint density at radius 3 is 0.476 bits per heavy atom. The molecule has 0 aromatic rings. The lowest BCUT2D eigenvalue weighted by Crippen LogP contribution is -1.85. The molecule has 0 aliphatic rings. The van der Waals surface area contributed by atoms with E-state index in [9.17, 15) is 0 Å². The van der Waals surface area contributed by atoms with Gasteiger partial charge in [0.15, 0.2) is 0 Å². The second kappa shape index (κ2) is 36.7. The molecular weight excluding hydrogens is 319 g/mol. The van der Waals surface area contributed by atoms with Crippen LogP contribution in [0, 0.1) is 0 Å². The number of rotatable bonds is 4. The second-order valence-corrected chi connectivity index (χ2v) is 3.33. The molecule has 21 heavy (non-hydrogen) atoms. The van der Waals surface area contributed by atoms with Crippen molar-refractivity contribution in [3.63, 3.8) is 0 Å². The Hall–Kier alpha value is -0.210. The third-order valence-corrected chi connectivity index (χ3v) is 0.400. The van der Waals surface area contributed by atoms with Gasteiger partial charge in [-0.25, -0.2) is 4.57 Å². The monoisotopic (exact) mass is 346 g/mol. The SMILES string of the molecule is O=P(O)(O)O.OCCO.OCCO.OCCO.OCCO. The molecule has 0 radical (unpaired) electrons. The van der Waals surface area contributed by atoms with Gasteiger partial charge in [-0.1, -0.05) is 0 Å². The highest BCUT2D eigenvalue weighted by Crippen LogP contribution is 2.25. The molecule has 0 unspecified atom stereocenters. The Morgan fingerprint density at radius 2 is 0.476 bits per heavy atom. The number of hydrogen-bond donors (Lipinski definition) is 11. The van der Waals surface area contributed by atoms with E-state index in [1.165, 1.54) is 0 Å². The van der Waals surface area contributed by atoms with Gasteiger partial charge in [0.25, 0.3) is 0 Å². The smallest absolute Gasteiger partial charge is 0.394 e. The minimum Gasteiger partial charge on any atom is -0.394 e. The second-order valence-electron chi connectivity index (χ2n) is 2.30. The topological polar surface area (TPSA) is 240 Å². The normalized spacial score (nSPS) is 8.52. The fourth-order valence-electron chi connectivity index (χ4n) is 0. The van der Waals surface area contributed by atoms with Crippen LogP contribution in [-0.4, -0.2) is 108 Å². The molecule has 0 aromatic carbocycles. The Morgan fingerprint density at radius 1 is 0.429 bits per heavy atom. The summed E-state index contributed by atoms with van der Waals surface area (Å²) in [5.41, 5.74) is 0. The standard InChI is InChI=1S/4C2H6O2.H3O4P/c4*3-1-2-4;1-5(2,3)4/h4*3-4H,1-2H2;(H3,1,2,3,4). The summed E-state index contributed by atoms with van der Waals surface area (Å²) in [5.74, 6) is 0. The molecule has 0 rings (SSSR count). The van der Waals surface area contributed by atoms with Gasteiger partial charge in [0.2, 0.25) is 0 Å². The Kier molecular flexibility index (Phi) is 57.1. The fourth-order valence-corrected chi connectivity index (χ4v) is 0. The molecule has 12 nitrogen and oxygen atoms in total. The van der Waals surface area contributed by atoms with Gasteiger partial charge in [0.05, 0.1) is 52.9 Å². The van der Waals surface area contributed by atoms with Crippen LogP contribution in [0.1, 0.15) is 0 Å². The Labute approximate surface area is 122 Å². The van der Waals surface area contributed by atoms with E-state index in [2.05, 4.69) is 0 Å². The van der Waals surface area contributed by atoms with Gasteiger partial charge < -0.3 is 55.5 Å². The molecule has 13 heteroatoms.